The maximum atomic E-state index is 14.0. The average molecular weight is 670 g/mol. The Morgan fingerprint density at radius 3 is 2.28 bits per heavy atom. The van der Waals surface area contributed by atoms with Crippen molar-refractivity contribution in [2.24, 2.45) is 0 Å². The summed E-state index contributed by atoms with van der Waals surface area (Å²) in [7, 11) is 1.97. The lowest BCUT2D eigenvalue weighted by molar-refractivity contribution is -0.138. The Balaban J connectivity index is 1.46. The number of aryl methyl sites for hydroxylation is 1. The highest BCUT2D eigenvalue weighted by molar-refractivity contribution is 6.31. The number of hydrogen-bond acceptors (Lipinski definition) is 5. The van der Waals surface area contributed by atoms with E-state index in [1.807, 2.05) is 11.9 Å². The Morgan fingerprint density at radius 1 is 0.936 bits per heavy atom. The van der Waals surface area contributed by atoms with Gasteiger partial charge >= 0.3 is 6.18 Å². The van der Waals surface area contributed by atoms with Crippen molar-refractivity contribution in [2.75, 3.05) is 38.5 Å². The molecule has 1 heterocycles. The molecule has 1 saturated heterocycles. The normalized spacial score (nSPS) is 14.5. The summed E-state index contributed by atoms with van der Waals surface area (Å²) in [6, 6.07) is 12.3. The molecule has 6 nitrogen and oxygen atoms in total. The summed E-state index contributed by atoms with van der Waals surface area (Å²) in [6.07, 6.45) is -2.11. The average Bonchev–Trinajstić information content (AvgIpc) is 3.00. The number of amides is 1. The minimum atomic E-state index is -4.60. The van der Waals surface area contributed by atoms with Crippen molar-refractivity contribution >= 4 is 34.6 Å². The highest BCUT2D eigenvalue weighted by atomic mass is 35.5. The fraction of sp³-hybridized carbons (Fsp3) is 0.286. The van der Waals surface area contributed by atoms with E-state index in [1.165, 1.54) is 48.6 Å². The van der Waals surface area contributed by atoms with Crippen LogP contribution < -0.4 is 5.32 Å². The van der Waals surface area contributed by atoms with Crippen LogP contribution in [0.1, 0.15) is 50.7 Å². The van der Waals surface area contributed by atoms with Crippen molar-refractivity contribution in [3.8, 4) is 11.8 Å². The molecule has 0 atom stereocenters. The van der Waals surface area contributed by atoms with E-state index in [9.17, 15) is 26.7 Å². The Hall–Kier alpha value is -4.37. The zero-order valence-electron chi connectivity index (χ0n) is 26.0. The van der Waals surface area contributed by atoms with Gasteiger partial charge in [-0.2, -0.15) is 13.2 Å². The maximum Gasteiger partial charge on any atom is 0.416 e. The molecule has 246 valence electrons. The third kappa shape index (κ3) is 9.58. The molecule has 4 rings (SSSR count). The second-order valence-electron chi connectivity index (χ2n) is 11.4. The zero-order valence-corrected chi connectivity index (χ0v) is 26.7. The predicted octanol–water partition coefficient (Wildman–Crippen LogP) is 7.77. The molecule has 47 heavy (non-hydrogen) atoms. The first kappa shape index (κ1) is 35.5. The Morgan fingerprint density at radius 2 is 1.62 bits per heavy atom. The number of alkyl halides is 5. The SMILES string of the molecule is Cc1ccc(C(=O)Nc2ccc(CN3CCN(C)CC3)c(C(F)(F)F)c2)cc1C#CC(=N)/C=C\C(=N)c1ccc(Cl)c(C(C)(F)F)c1. The molecule has 3 aromatic rings. The van der Waals surface area contributed by atoms with Crippen LogP contribution in [0.25, 0.3) is 0 Å². The Bertz CT molecular complexity index is 1780. The summed E-state index contributed by atoms with van der Waals surface area (Å²) < 4.78 is 69.6. The lowest BCUT2D eigenvalue weighted by Gasteiger charge is -2.33. The lowest BCUT2D eigenvalue weighted by Crippen LogP contribution is -2.44. The minimum absolute atomic E-state index is 0.00230. The first-order chi connectivity index (χ1) is 22.0. The van der Waals surface area contributed by atoms with Gasteiger partial charge < -0.3 is 15.6 Å². The van der Waals surface area contributed by atoms with Crippen LogP contribution in [0, 0.1) is 29.6 Å². The van der Waals surface area contributed by atoms with Gasteiger partial charge in [-0.3, -0.25) is 15.1 Å². The topological polar surface area (TPSA) is 83.3 Å². The number of nitrogens with zero attached hydrogens (tertiary/aromatic N) is 2. The second kappa shape index (κ2) is 14.6. The third-order valence-corrected chi connectivity index (χ3v) is 7.99. The summed E-state index contributed by atoms with van der Waals surface area (Å²) >= 11 is 5.87. The van der Waals surface area contributed by atoms with E-state index in [0.29, 0.717) is 31.1 Å². The molecule has 0 unspecified atom stereocenters. The van der Waals surface area contributed by atoms with Crippen LogP contribution in [0.4, 0.5) is 27.6 Å². The first-order valence-corrected chi connectivity index (χ1v) is 15.0. The number of carbonyl (C=O) groups excluding carboxylic acids is 1. The van der Waals surface area contributed by atoms with Gasteiger partial charge in [0.25, 0.3) is 11.8 Å². The number of piperazine rings is 1. The number of benzene rings is 3. The lowest BCUT2D eigenvalue weighted by atomic mass is 10.0. The summed E-state index contributed by atoms with van der Waals surface area (Å²) in [6.45, 7) is 5.49. The Kier molecular flexibility index (Phi) is 11.0. The van der Waals surface area contributed by atoms with Crippen LogP contribution >= 0.6 is 11.6 Å². The second-order valence-corrected chi connectivity index (χ2v) is 11.8. The van der Waals surface area contributed by atoms with E-state index in [4.69, 9.17) is 22.4 Å². The fourth-order valence-electron chi connectivity index (χ4n) is 4.87. The van der Waals surface area contributed by atoms with Gasteiger partial charge in [0, 0.05) is 67.0 Å². The largest absolute Gasteiger partial charge is 0.416 e. The van der Waals surface area contributed by atoms with Gasteiger partial charge in [-0.15, -0.1) is 0 Å². The molecule has 1 aliphatic heterocycles. The van der Waals surface area contributed by atoms with Crippen LogP contribution in [0.5, 0.6) is 0 Å². The molecule has 0 saturated carbocycles. The van der Waals surface area contributed by atoms with Gasteiger partial charge in [0.2, 0.25) is 0 Å². The third-order valence-electron chi connectivity index (χ3n) is 7.66. The number of carbonyl (C=O) groups is 1. The van der Waals surface area contributed by atoms with Crippen LogP contribution in [-0.4, -0.2) is 60.4 Å². The number of hydrogen-bond donors (Lipinski definition) is 3. The van der Waals surface area contributed by atoms with Gasteiger partial charge in [-0.1, -0.05) is 35.7 Å². The van der Waals surface area contributed by atoms with Gasteiger partial charge in [-0.25, -0.2) is 8.78 Å². The van der Waals surface area contributed by atoms with Crippen molar-refractivity contribution in [1.29, 1.82) is 10.8 Å². The van der Waals surface area contributed by atoms with E-state index < -0.39 is 29.1 Å². The van der Waals surface area contributed by atoms with Crippen molar-refractivity contribution in [1.82, 2.24) is 9.80 Å². The molecule has 1 fully saturated rings. The van der Waals surface area contributed by atoms with Crippen LogP contribution in [0.2, 0.25) is 5.02 Å². The molecule has 1 aliphatic rings. The predicted molar refractivity (Wildman–Crippen MR) is 175 cm³/mol. The highest BCUT2D eigenvalue weighted by Crippen LogP contribution is 2.35. The molecular formula is C35H33ClF5N5O. The van der Waals surface area contributed by atoms with Crippen molar-refractivity contribution in [2.45, 2.75) is 32.5 Å². The first-order valence-electron chi connectivity index (χ1n) is 14.6. The molecule has 3 aromatic carbocycles. The monoisotopic (exact) mass is 669 g/mol. The van der Waals surface area contributed by atoms with Crippen molar-refractivity contribution in [3.05, 3.63) is 111 Å². The summed E-state index contributed by atoms with van der Waals surface area (Å²) in [4.78, 5) is 17.1. The molecule has 0 spiro atoms. The van der Waals surface area contributed by atoms with E-state index >= 15 is 0 Å². The number of likely N-dealkylation sites (N-methyl/N-ethyl adjacent to an activating group) is 1. The van der Waals surface area contributed by atoms with E-state index in [1.54, 1.807) is 13.0 Å². The van der Waals surface area contributed by atoms with Crippen LogP contribution in [0.15, 0.2) is 66.7 Å². The zero-order chi connectivity index (χ0) is 34.5. The van der Waals surface area contributed by atoms with E-state index in [0.717, 1.165) is 25.2 Å². The highest BCUT2D eigenvalue weighted by Gasteiger charge is 2.34. The quantitative estimate of drug-likeness (QED) is 0.130. The summed E-state index contributed by atoms with van der Waals surface area (Å²) in [5.74, 6) is 1.60. The minimum Gasteiger partial charge on any atom is -0.322 e. The van der Waals surface area contributed by atoms with E-state index in [-0.39, 0.29) is 45.4 Å². The van der Waals surface area contributed by atoms with Crippen LogP contribution in [0.3, 0.4) is 0 Å². The molecule has 3 N–H and O–H groups in total. The fourth-order valence-corrected chi connectivity index (χ4v) is 5.16. The molecule has 0 aliphatic carbocycles. The number of anilines is 1. The van der Waals surface area contributed by atoms with Gasteiger partial charge in [-0.05, 0) is 85.1 Å². The standard InChI is InChI=1S/C35H33ClF5N5O/c1-22-4-5-25(18-23(22)6-9-27(42)10-13-32(43)24-8-12-31(36)30(19-24)34(2,37)38)33(47)44-28-11-7-26(29(20-28)35(39,40)41)21-46-16-14-45(3)15-17-46/h4-5,7-8,10-13,18-20,42-43H,14-17,21H2,1-3H3,(H,44,47)/b13-10-,42-27?,43-32?. The summed E-state index contributed by atoms with van der Waals surface area (Å²) in [5, 5.41) is 18.7. The number of nitrogens with one attached hydrogen (secondary N) is 3. The Labute approximate surface area is 275 Å². The molecule has 0 bridgehead atoms. The van der Waals surface area contributed by atoms with Gasteiger partial charge in [0.05, 0.1) is 11.3 Å². The summed E-state index contributed by atoms with van der Waals surface area (Å²) in [5.41, 5.74) is 0.0617. The molecule has 1 amide bonds. The maximum absolute atomic E-state index is 14.0. The molecular weight excluding hydrogens is 637 g/mol. The number of allylic oxidation sites excluding steroid dienone is 2. The molecule has 0 aromatic heterocycles. The number of rotatable bonds is 8. The van der Waals surface area contributed by atoms with Crippen molar-refractivity contribution in [3.63, 3.8) is 0 Å². The van der Waals surface area contributed by atoms with Crippen molar-refractivity contribution < 1.29 is 26.7 Å². The molecule has 0 radical (unpaired) electrons. The van der Waals surface area contributed by atoms with Crippen LogP contribution in [-0.2, 0) is 18.6 Å². The molecule has 12 heteroatoms. The van der Waals surface area contributed by atoms with E-state index in [2.05, 4.69) is 22.1 Å². The number of halogens is 6. The van der Waals surface area contributed by atoms with Gasteiger partial charge in [0.1, 0.15) is 5.71 Å². The van der Waals surface area contributed by atoms with Gasteiger partial charge in [0.15, 0.2) is 0 Å². The smallest absolute Gasteiger partial charge is 0.322 e.